The molecule has 144 valence electrons. The number of ether oxygens (including phenoxy) is 1. The van der Waals surface area contributed by atoms with E-state index in [1.165, 1.54) is 6.92 Å². The Balaban J connectivity index is 2.19. The molecule has 1 aromatic carbocycles. The Morgan fingerprint density at radius 1 is 1.33 bits per heavy atom. The molecule has 1 aromatic rings. The van der Waals surface area contributed by atoms with Gasteiger partial charge in [0.2, 0.25) is 5.91 Å². The van der Waals surface area contributed by atoms with E-state index in [2.05, 4.69) is 15.5 Å². The molecule has 1 amide bonds. The topological polar surface area (TPSA) is 117 Å². The number of hydrogen-bond acceptors (Lipinski definition) is 7. The Bertz CT molecular complexity index is 848. The van der Waals surface area contributed by atoms with Crippen molar-refractivity contribution < 1.29 is 24.2 Å². The van der Waals surface area contributed by atoms with Crippen LogP contribution in [0.1, 0.15) is 41.2 Å². The molecule has 8 nitrogen and oxygen atoms in total. The molecule has 1 saturated heterocycles. The minimum Gasteiger partial charge on any atom is -0.481 e. The lowest BCUT2D eigenvalue weighted by Gasteiger charge is -2.14. The molecule has 27 heavy (non-hydrogen) atoms. The summed E-state index contributed by atoms with van der Waals surface area (Å²) in [6.45, 7) is 7.36. The number of carbonyl (C=O) groups excluding carboxylic acids is 2. The zero-order chi connectivity index (χ0) is 20.1. The van der Waals surface area contributed by atoms with Crippen molar-refractivity contribution in [3.63, 3.8) is 0 Å². The second kappa shape index (κ2) is 8.81. The summed E-state index contributed by atoms with van der Waals surface area (Å²) in [4.78, 5) is 33.5. The highest BCUT2D eigenvalue weighted by atomic mass is 32.2. The molecule has 0 radical (unpaired) electrons. The molecule has 0 bridgehead atoms. The van der Waals surface area contributed by atoms with Gasteiger partial charge in [0.1, 0.15) is 11.9 Å². The summed E-state index contributed by atoms with van der Waals surface area (Å²) in [5, 5.41) is 18.9. The van der Waals surface area contributed by atoms with E-state index in [1.54, 1.807) is 6.21 Å². The van der Waals surface area contributed by atoms with E-state index in [-0.39, 0.29) is 30.1 Å². The van der Waals surface area contributed by atoms with Gasteiger partial charge in [0.05, 0.1) is 12.6 Å². The molecule has 1 aliphatic heterocycles. The number of aliphatic carboxylic acids is 1. The van der Waals surface area contributed by atoms with Crippen LogP contribution in [0.15, 0.2) is 16.3 Å². The van der Waals surface area contributed by atoms with Crippen molar-refractivity contribution in [2.45, 2.75) is 46.0 Å². The van der Waals surface area contributed by atoms with Crippen molar-refractivity contribution >= 4 is 41.0 Å². The van der Waals surface area contributed by atoms with Gasteiger partial charge in [-0.15, -0.1) is 5.10 Å². The third-order valence-corrected chi connectivity index (χ3v) is 5.15. The van der Waals surface area contributed by atoms with Crippen LogP contribution in [0.3, 0.4) is 0 Å². The highest BCUT2D eigenvalue weighted by Gasteiger charge is 2.32. The van der Waals surface area contributed by atoms with Crippen LogP contribution < -0.4 is 5.32 Å². The number of amides is 1. The van der Waals surface area contributed by atoms with Crippen LogP contribution >= 0.6 is 11.8 Å². The van der Waals surface area contributed by atoms with Crippen LogP contribution in [-0.4, -0.2) is 39.6 Å². The summed E-state index contributed by atoms with van der Waals surface area (Å²) in [6, 6.07) is 1.98. The van der Waals surface area contributed by atoms with Gasteiger partial charge in [-0.05, 0) is 43.0 Å². The molecule has 1 fully saturated rings. The Morgan fingerprint density at radius 3 is 2.67 bits per heavy atom. The lowest BCUT2D eigenvalue weighted by atomic mass is 9.94. The summed E-state index contributed by atoms with van der Waals surface area (Å²) in [5.41, 5.74) is 4.71. The normalized spacial score (nSPS) is 18.1. The van der Waals surface area contributed by atoms with E-state index in [9.17, 15) is 14.4 Å². The van der Waals surface area contributed by atoms with Crippen molar-refractivity contribution in [2.75, 3.05) is 0 Å². The second-order valence-electron chi connectivity index (χ2n) is 6.15. The van der Waals surface area contributed by atoms with E-state index in [4.69, 9.17) is 9.84 Å². The molecule has 1 aliphatic rings. The van der Waals surface area contributed by atoms with Gasteiger partial charge in [0.25, 0.3) is 0 Å². The molecule has 1 unspecified atom stereocenters. The number of thioether (sulfide) groups is 1. The second-order valence-corrected chi connectivity index (χ2v) is 7.34. The summed E-state index contributed by atoms with van der Waals surface area (Å²) >= 11 is 1.04. The van der Waals surface area contributed by atoms with Crippen molar-refractivity contribution in [1.82, 2.24) is 5.32 Å². The molecule has 1 atom stereocenters. The molecule has 2 N–H and O–H groups in total. The Kier molecular flexibility index (Phi) is 6.73. The fraction of sp³-hybridized carbons (Fsp3) is 0.389. The van der Waals surface area contributed by atoms with Crippen molar-refractivity contribution in [3.05, 3.63) is 33.9 Å². The molecule has 0 spiro atoms. The van der Waals surface area contributed by atoms with Crippen molar-refractivity contribution in [3.8, 4) is 0 Å². The van der Waals surface area contributed by atoms with Crippen LogP contribution in [0.4, 0.5) is 0 Å². The first-order valence-corrected chi connectivity index (χ1v) is 9.10. The third-order valence-electron chi connectivity index (χ3n) is 4.08. The number of rotatable bonds is 6. The molecule has 2 rings (SSSR count). The van der Waals surface area contributed by atoms with Gasteiger partial charge in [-0.3, -0.25) is 14.4 Å². The molecule has 0 aromatic heterocycles. The highest BCUT2D eigenvalue weighted by molar-refractivity contribution is 8.15. The lowest BCUT2D eigenvalue weighted by molar-refractivity contribution is -0.142. The monoisotopic (exact) mass is 391 g/mol. The molecule has 9 heteroatoms. The zero-order valence-corrected chi connectivity index (χ0v) is 16.3. The molecular formula is C18H21N3O5S. The van der Waals surface area contributed by atoms with Gasteiger partial charge < -0.3 is 15.2 Å². The lowest BCUT2D eigenvalue weighted by Crippen LogP contribution is -2.26. The van der Waals surface area contributed by atoms with Crippen molar-refractivity contribution in [1.29, 1.82) is 0 Å². The average Bonchev–Trinajstić information content (AvgIpc) is 2.89. The number of hydrogen-bond donors (Lipinski definition) is 2. The van der Waals surface area contributed by atoms with Crippen LogP contribution in [0.25, 0.3) is 0 Å². The van der Waals surface area contributed by atoms with Crippen LogP contribution in [0.2, 0.25) is 0 Å². The summed E-state index contributed by atoms with van der Waals surface area (Å²) in [5.74, 6) is -1.78. The number of benzene rings is 1. The van der Waals surface area contributed by atoms with Crippen LogP contribution in [-0.2, 0) is 25.7 Å². The number of amidine groups is 1. The maximum atomic E-state index is 11.7. The van der Waals surface area contributed by atoms with Gasteiger partial charge in [0, 0.05) is 12.5 Å². The largest absolute Gasteiger partial charge is 0.481 e. The van der Waals surface area contributed by atoms with Gasteiger partial charge in [-0.1, -0.05) is 17.8 Å². The summed E-state index contributed by atoms with van der Waals surface area (Å²) in [7, 11) is 0. The summed E-state index contributed by atoms with van der Waals surface area (Å²) < 4.78 is 5.12. The number of nitrogens with one attached hydrogen (secondary N) is 1. The molecule has 0 aliphatic carbocycles. The smallest absolute Gasteiger partial charge is 0.305 e. The van der Waals surface area contributed by atoms with Gasteiger partial charge in [-0.25, -0.2) is 0 Å². The fourth-order valence-electron chi connectivity index (χ4n) is 2.72. The predicted octanol–water partition coefficient (Wildman–Crippen LogP) is 2.07. The quantitative estimate of drug-likeness (QED) is 0.435. The Labute approximate surface area is 161 Å². The number of esters is 1. The minimum atomic E-state index is -1.04. The zero-order valence-electron chi connectivity index (χ0n) is 15.5. The predicted molar refractivity (Wildman–Crippen MR) is 103 cm³/mol. The molecular weight excluding hydrogens is 370 g/mol. The number of carbonyl (C=O) groups is 3. The highest BCUT2D eigenvalue weighted by Crippen LogP contribution is 2.24. The number of carboxylic acid groups (broad SMARTS) is 1. The van der Waals surface area contributed by atoms with E-state index >= 15 is 0 Å². The molecule has 0 saturated carbocycles. The van der Waals surface area contributed by atoms with Crippen LogP contribution in [0.5, 0.6) is 0 Å². The maximum absolute atomic E-state index is 11.7. The third kappa shape index (κ3) is 5.40. The number of nitrogens with zero attached hydrogens (tertiary/aromatic N) is 2. The van der Waals surface area contributed by atoms with E-state index in [0.29, 0.717) is 0 Å². The Morgan fingerprint density at radius 2 is 2.04 bits per heavy atom. The van der Waals surface area contributed by atoms with E-state index in [1.807, 2.05) is 26.8 Å². The Hall–Kier alpha value is -2.68. The first-order chi connectivity index (χ1) is 12.7. The first kappa shape index (κ1) is 20.6. The van der Waals surface area contributed by atoms with E-state index in [0.717, 1.165) is 39.6 Å². The number of carboxylic acids is 1. The fourth-order valence-corrected chi connectivity index (χ4v) is 3.64. The standard InChI is InChI=1S/C18H21N3O5S/c1-9-5-10(2)14(8-26-12(4)22)11(3)13(9)7-19-21-18-20-17(25)15(27-18)6-16(23)24/h5,7,15H,6,8H2,1-4H3,(H,23,24)(H,20,21,25). The number of aryl methyl sites for hydroxylation is 2. The van der Waals surface area contributed by atoms with Crippen LogP contribution in [0, 0.1) is 20.8 Å². The molecule has 1 heterocycles. The average molecular weight is 391 g/mol. The van der Waals surface area contributed by atoms with Gasteiger partial charge >= 0.3 is 11.9 Å². The van der Waals surface area contributed by atoms with Gasteiger partial charge in [-0.2, -0.15) is 5.10 Å². The maximum Gasteiger partial charge on any atom is 0.305 e. The van der Waals surface area contributed by atoms with Gasteiger partial charge in [0.15, 0.2) is 5.17 Å². The SMILES string of the molecule is CC(=O)OCc1c(C)cc(C)c(C=NN=C2NC(=O)C(CC(=O)O)S2)c1C. The minimum absolute atomic E-state index is 0.186. The first-order valence-electron chi connectivity index (χ1n) is 8.22. The van der Waals surface area contributed by atoms with E-state index < -0.39 is 11.2 Å². The van der Waals surface area contributed by atoms with Crippen molar-refractivity contribution in [2.24, 2.45) is 10.2 Å². The summed E-state index contributed by atoms with van der Waals surface area (Å²) in [6.07, 6.45) is 1.31.